The lowest BCUT2D eigenvalue weighted by molar-refractivity contribution is -0.113. The number of carbonyl (C=O) groups is 2. The van der Waals surface area contributed by atoms with E-state index in [9.17, 15) is 9.59 Å². The zero-order chi connectivity index (χ0) is 19.1. The number of pyridine rings is 1. The minimum atomic E-state index is -0.226. The van der Waals surface area contributed by atoms with E-state index in [0.29, 0.717) is 22.7 Å². The summed E-state index contributed by atoms with van der Waals surface area (Å²) in [5, 5.41) is 5.67. The van der Waals surface area contributed by atoms with Gasteiger partial charge in [-0.1, -0.05) is 23.8 Å². The molecule has 3 rings (SSSR count). The van der Waals surface area contributed by atoms with Crippen molar-refractivity contribution >= 4 is 35.0 Å². The zero-order valence-corrected chi connectivity index (χ0v) is 15.6. The van der Waals surface area contributed by atoms with E-state index in [2.05, 4.69) is 15.6 Å². The van der Waals surface area contributed by atoms with Gasteiger partial charge in [0.05, 0.1) is 5.75 Å². The molecule has 1 aromatic heterocycles. The lowest BCUT2D eigenvalue weighted by Gasteiger charge is -2.09. The van der Waals surface area contributed by atoms with Gasteiger partial charge in [0.1, 0.15) is 0 Å². The molecule has 1 heterocycles. The highest BCUT2D eigenvalue weighted by molar-refractivity contribution is 8.00. The van der Waals surface area contributed by atoms with Crippen LogP contribution in [0.1, 0.15) is 15.9 Å². The summed E-state index contributed by atoms with van der Waals surface area (Å²) in [6.07, 6.45) is 3.13. The molecule has 27 heavy (non-hydrogen) atoms. The third-order valence-corrected chi connectivity index (χ3v) is 4.75. The lowest BCUT2D eigenvalue weighted by atomic mass is 10.2. The van der Waals surface area contributed by atoms with Gasteiger partial charge in [-0.3, -0.25) is 14.6 Å². The molecular formula is C21H19N3O2S. The van der Waals surface area contributed by atoms with Crippen LogP contribution in [0, 0.1) is 6.92 Å². The third-order valence-electron chi connectivity index (χ3n) is 3.74. The van der Waals surface area contributed by atoms with E-state index in [-0.39, 0.29) is 11.8 Å². The Balaban J connectivity index is 1.56. The van der Waals surface area contributed by atoms with Crippen LogP contribution in [0.3, 0.4) is 0 Å². The molecular weight excluding hydrogens is 358 g/mol. The SMILES string of the molecule is Cc1ccc(SCC(=O)Nc2cccc(NC(=O)c3ccncc3)c2)cc1. The number of thioether (sulfide) groups is 1. The molecule has 2 aromatic carbocycles. The average Bonchev–Trinajstić information content (AvgIpc) is 2.68. The van der Waals surface area contributed by atoms with Gasteiger partial charge in [0.25, 0.3) is 5.91 Å². The number of hydrogen-bond donors (Lipinski definition) is 2. The van der Waals surface area contributed by atoms with Gasteiger partial charge in [0, 0.05) is 34.2 Å². The normalized spacial score (nSPS) is 10.3. The van der Waals surface area contributed by atoms with E-state index >= 15 is 0 Å². The van der Waals surface area contributed by atoms with Crippen LogP contribution in [0.4, 0.5) is 11.4 Å². The van der Waals surface area contributed by atoms with Gasteiger partial charge >= 0.3 is 0 Å². The molecule has 2 N–H and O–H groups in total. The number of aromatic nitrogens is 1. The van der Waals surface area contributed by atoms with Crippen molar-refractivity contribution < 1.29 is 9.59 Å². The largest absolute Gasteiger partial charge is 0.325 e. The molecule has 0 fully saturated rings. The van der Waals surface area contributed by atoms with E-state index in [0.717, 1.165) is 4.90 Å². The summed E-state index contributed by atoms with van der Waals surface area (Å²) < 4.78 is 0. The van der Waals surface area contributed by atoms with Crippen molar-refractivity contribution in [2.75, 3.05) is 16.4 Å². The number of anilines is 2. The summed E-state index contributed by atoms with van der Waals surface area (Å²) in [5.74, 6) is -0.00888. The Kier molecular flexibility index (Phi) is 6.22. The number of carbonyl (C=O) groups excluding carboxylic acids is 2. The minimum Gasteiger partial charge on any atom is -0.325 e. The monoisotopic (exact) mass is 377 g/mol. The zero-order valence-electron chi connectivity index (χ0n) is 14.8. The first-order valence-corrected chi connectivity index (χ1v) is 9.39. The number of hydrogen-bond acceptors (Lipinski definition) is 4. The second-order valence-corrected chi connectivity index (χ2v) is 6.97. The highest BCUT2D eigenvalue weighted by Gasteiger charge is 2.07. The first-order valence-electron chi connectivity index (χ1n) is 8.41. The second kappa shape index (κ2) is 9.00. The van der Waals surface area contributed by atoms with Crippen LogP contribution in [0.5, 0.6) is 0 Å². The van der Waals surface area contributed by atoms with Crippen molar-refractivity contribution in [1.82, 2.24) is 4.98 Å². The predicted molar refractivity (Wildman–Crippen MR) is 109 cm³/mol. The maximum absolute atomic E-state index is 12.2. The number of rotatable bonds is 6. The summed E-state index contributed by atoms with van der Waals surface area (Å²) in [6.45, 7) is 2.03. The Morgan fingerprint density at radius 1 is 0.926 bits per heavy atom. The Labute approximate surface area is 162 Å². The Morgan fingerprint density at radius 3 is 2.30 bits per heavy atom. The number of nitrogens with zero attached hydrogens (tertiary/aromatic N) is 1. The molecule has 5 nitrogen and oxygen atoms in total. The first-order chi connectivity index (χ1) is 13.1. The van der Waals surface area contributed by atoms with Gasteiger partial charge in [-0.25, -0.2) is 0 Å². The van der Waals surface area contributed by atoms with Crippen LogP contribution in [0.25, 0.3) is 0 Å². The van der Waals surface area contributed by atoms with E-state index in [1.54, 1.807) is 48.8 Å². The first kappa shape index (κ1) is 18.7. The Hall–Kier alpha value is -3.12. The Morgan fingerprint density at radius 2 is 1.59 bits per heavy atom. The molecule has 0 spiro atoms. The van der Waals surface area contributed by atoms with Crippen molar-refractivity contribution in [3.8, 4) is 0 Å². The van der Waals surface area contributed by atoms with Crippen molar-refractivity contribution in [2.24, 2.45) is 0 Å². The van der Waals surface area contributed by atoms with Gasteiger partial charge in [0.15, 0.2) is 0 Å². The highest BCUT2D eigenvalue weighted by atomic mass is 32.2. The van der Waals surface area contributed by atoms with Crippen LogP contribution in [-0.2, 0) is 4.79 Å². The molecule has 0 aliphatic heterocycles. The number of nitrogens with one attached hydrogen (secondary N) is 2. The molecule has 136 valence electrons. The molecule has 0 unspecified atom stereocenters. The molecule has 0 saturated carbocycles. The van der Waals surface area contributed by atoms with Gasteiger partial charge < -0.3 is 10.6 Å². The molecule has 0 bridgehead atoms. The van der Waals surface area contributed by atoms with E-state index in [1.165, 1.54) is 17.3 Å². The summed E-state index contributed by atoms with van der Waals surface area (Å²) in [4.78, 5) is 29.3. The highest BCUT2D eigenvalue weighted by Crippen LogP contribution is 2.20. The van der Waals surface area contributed by atoms with Crippen molar-refractivity contribution in [2.45, 2.75) is 11.8 Å². The molecule has 0 radical (unpaired) electrons. The second-order valence-electron chi connectivity index (χ2n) is 5.92. The average molecular weight is 377 g/mol. The summed E-state index contributed by atoms with van der Waals surface area (Å²) in [5.41, 5.74) is 2.96. The van der Waals surface area contributed by atoms with E-state index < -0.39 is 0 Å². The van der Waals surface area contributed by atoms with E-state index in [4.69, 9.17) is 0 Å². The van der Waals surface area contributed by atoms with Crippen molar-refractivity contribution in [1.29, 1.82) is 0 Å². The van der Waals surface area contributed by atoms with E-state index in [1.807, 2.05) is 31.2 Å². The Bertz CT molecular complexity index is 928. The maximum Gasteiger partial charge on any atom is 0.255 e. The predicted octanol–water partition coefficient (Wildman–Crippen LogP) is 4.37. The van der Waals surface area contributed by atoms with Crippen LogP contribution in [0.2, 0.25) is 0 Å². The molecule has 3 aromatic rings. The standard InChI is InChI=1S/C21H19N3O2S/c1-15-5-7-19(8-6-15)27-14-20(25)23-17-3-2-4-18(13-17)24-21(26)16-9-11-22-12-10-16/h2-13H,14H2,1H3,(H,23,25)(H,24,26). The summed E-state index contributed by atoms with van der Waals surface area (Å²) in [6, 6.07) is 18.4. The molecule has 0 aliphatic rings. The molecule has 6 heteroatoms. The number of benzene rings is 2. The summed E-state index contributed by atoms with van der Waals surface area (Å²) >= 11 is 1.48. The molecule has 0 saturated heterocycles. The van der Waals surface area contributed by atoms with Crippen molar-refractivity contribution in [3.63, 3.8) is 0 Å². The molecule has 0 aliphatic carbocycles. The van der Waals surface area contributed by atoms with Crippen LogP contribution >= 0.6 is 11.8 Å². The van der Waals surface area contributed by atoms with Crippen LogP contribution in [0.15, 0.2) is 78.0 Å². The van der Waals surface area contributed by atoms with Crippen molar-refractivity contribution in [3.05, 3.63) is 84.2 Å². The number of aryl methyl sites for hydroxylation is 1. The fraction of sp³-hybridized carbons (Fsp3) is 0.0952. The maximum atomic E-state index is 12.2. The quantitative estimate of drug-likeness (QED) is 0.626. The van der Waals surface area contributed by atoms with Gasteiger partial charge in [-0.2, -0.15) is 0 Å². The van der Waals surface area contributed by atoms with Gasteiger partial charge in [-0.15, -0.1) is 11.8 Å². The molecule has 0 atom stereocenters. The molecule has 2 amide bonds. The summed E-state index contributed by atoms with van der Waals surface area (Å²) in [7, 11) is 0. The lowest BCUT2D eigenvalue weighted by Crippen LogP contribution is -2.15. The fourth-order valence-electron chi connectivity index (χ4n) is 2.36. The number of amides is 2. The van der Waals surface area contributed by atoms with Crippen LogP contribution < -0.4 is 10.6 Å². The van der Waals surface area contributed by atoms with Gasteiger partial charge in [0.2, 0.25) is 5.91 Å². The third kappa shape index (κ3) is 5.69. The smallest absolute Gasteiger partial charge is 0.255 e. The van der Waals surface area contributed by atoms with Gasteiger partial charge in [-0.05, 0) is 49.4 Å². The van der Waals surface area contributed by atoms with Crippen LogP contribution in [-0.4, -0.2) is 22.6 Å². The topological polar surface area (TPSA) is 71.1 Å². The minimum absolute atomic E-state index is 0.0989. The fourth-order valence-corrected chi connectivity index (χ4v) is 3.06.